The molecule has 0 unspecified atom stereocenters. The number of likely N-dealkylation sites (N-methyl/N-ethyl adjacent to an activating group) is 1. The highest BCUT2D eigenvalue weighted by Gasteiger charge is 2.07. The highest BCUT2D eigenvalue weighted by molar-refractivity contribution is 14.0. The van der Waals surface area contributed by atoms with Gasteiger partial charge in [-0.1, -0.05) is 24.3 Å². The van der Waals surface area contributed by atoms with E-state index in [-0.39, 0.29) is 30.6 Å². The fourth-order valence-electron chi connectivity index (χ4n) is 2.35. The third-order valence-electron chi connectivity index (χ3n) is 3.74. The number of benzene rings is 2. The Labute approximate surface area is 170 Å². The monoisotopic (exact) mass is 473 g/mol. The van der Waals surface area contributed by atoms with Crippen LogP contribution in [0.1, 0.15) is 11.1 Å². The van der Waals surface area contributed by atoms with Crippen LogP contribution >= 0.6 is 24.0 Å². The van der Waals surface area contributed by atoms with Gasteiger partial charge < -0.3 is 20.1 Å². The number of hydrogen-bond acceptors (Lipinski definition) is 3. The molecular formula is C19H25FIN3O2. The summed E-state index contributed by atoms with van der Waals surface area (Å²) < 4.78 is 19.1. The minimum absolute atomic E-state index is 0. The van der Waals surface area contributed by atoms with Crippen LogP contribution in [0.4, 0.5) is 4.39 Å². The van der Waals surface area contributed by atoms with E-state index in [2.05, 4.69) is 10.3 Å². The fourth-order valence-corrected chi connectivity index (χ4v) is 2.35. The molecule has 26 heavy (non-hydrogen) atoms. The molecule has 0 fully saturated rings. The zero-order chi connectivity index (χ0) is 18.1. The summed E-state index contributed by atoms with van der Waals surface area (Å²) in [5.41, 5.74) is 1.17. The molecule has 0 atom stereocenters. The van der Waals surface area contributed by atoms with Crippen molar-refractivity contribution in [3.63, 3.8) is 0 Å². The van der Waals surface area contributed by atoms with Crippen LogP contribution in [0.2, 0.25) is 0 Å². The van der Waals surface area contributed by atoms with Gasteiger partial charge >= 0.3 is 0 Å². The maximum Gasteiger partial charge on any atom is 0.193 e. The maximum absolute atomic E-state index is 13.4. The molecule has 0 heterocycles. The van der Waals surface area contributed by atoms with Gasteiger partial charge in [0.2, 0.25) is 0 Å². The number of para-hydroxylation sites is 1. The van der Waals surface area contributed by atoms with Crippen molar-refractivity contribution in [3.05, 3.63) is 65.5 Å². The lowest BCUT2D eigenvalue weighted by atomic mass is 10.1. The summed E-state index contributed by atoms with van der Waals surface area (Å²) in [5, 5.41) is 12.4. The normalized spacial score (nSPS) is 10.8. The maximum atomic E-state index is 13.4. The summed E-state index contributed by atoms with van der Waals surface area (Å²) in [7, 11) is 3.63. The Morgan fingerprint density at radius 2 is 1.96 bits per heavy atom. The van der Waals surface area contributed by atoms with Crippen LogP contribution in [0.25, 0.3) is 0 Å². The first-order chi connectivity index (χ1) is 12.1. The highest BCUT2D eigenvalue weighted by atomic mass is 127. The summed E-state index contributed by atoms with van der Waals surface area (Å²) >= 11 is 0. The van der Waals surface area contributed by atoms with Gasteiger partial charge in [0.15, 0.2) is 5.96 Å². The van der Waals surface area contributed by atoms with E-state index in [0.717, 1.165) is 11.3 Å². The SMILES string of the molecule is CN=C(NCc1ccc(F)c(CO)c1)N(C)CCOc1ccccc1.I. The second kappa shape index (κ2) is 11.7. The Kier molecular flexibility index (Phi) is 9.97. The molecule has 2 rings (SSSR count). The van der Waals surface area contributed by atoms with Gasteiger partial charge in [0, 0.05) is 26.2 Å². The number of nitrogens with zero attached hydrogens (tertiary/aromatic N) is 2. The number of halogens is 2. The van der Waals surface area contributed by atoms with Crippen molar-refractivity contribution in [1.29, 1.82) is 0 Å². The predicted molar refractivity (Wildman–Crippen MR) is 113 cm³/mol. The summed E-state index contributed by atoms with van der Waals surface area (Å²) in [4.78, 5) is 6.20. The van der Waals surface area contributed by atoms with Crippen molar-refractivity contribution < 1.29 is 14.2 Å². The van der Waals surface area contributed by atoms with Crippen LogP contribution in [0.15, 0.2) is 53.5 Å². The molecule has 0 saturated carbocycles. The van der Waals surface area contributed by atoms with Crippen LogP contribution < -0.4 is 10.1 Å². The van der Waals surface area contributed by atoms with Crippen LogP contribution in [-0.4, -0.2) is 43.2 Å². The van der Waals surface area contributed by atoms with Gasteiger partial charge in [-0.2, -0.15) is 0 Å². The lowest BCUT2D eigenvalue weighted by Crippen LogP contribution is -2.40. The van der Waals surface area contributed by atoms with Gasteiger partial charge in [0.05, 0.1) is 13.2 Å². The quantitative estimate of drug-likeness (QED) is 0.369. The summed E-state index contributed by atoms with van der Waals surface area (Å²) in [6.45, 7) is 1.38. The molecule has 0 aromatic heterocycles. The molecule has 0 amide bonds. The Hall–Kier alpha value is -1.87. The molecule has 0 saturated heterocycles. The number of ether oxygens (including phenoxy) is 1. The fraction of sp³-hybridized carbons (Fsp3) is 0.316. The van der Waals surface area contributed by atoms with Crippen molar-refractivity contribution in [3.8, 4) is 5.75 Å². The van der Waals surface area contributed by atoms with Gasteiger partial charge in [-0.15, -0.1) is 24.0 Å². The Balaban J connectivity index is 0.00000338. The molecule has 0 aliphatic rings. The molecule has 0 bridgehead atoms. The largest absolute Gasteiger partial charge is 0.492 e. The lowest BCUT2D eigenvalue weighted by molar-refractivity contribution is 0.275. The molecule has 2 aromatic rings. The number of aliphatic hydroxyl groups excluding tert-OH is 1. The molecule has 0 aliphatic carbocycles. The average molecular weight is 473 g/mol. The van der Waals surface area contributed by atoms with E-state index in [0.29, 0.717) is 31.2 Å². The van der Waals surface area contributed by atoms with E-state index >= 15 is 0 Å². The molecule has 0 spiro atoms. The molecule has 142 valence electrons. The molecule has 2 N–H and O–H groups in total. The Bertz CT molecular complexity index is 698. The first-order valence-corrected chi connectivity index (χ1v) is 8.12. The molecule has 7 heteroatoms. The first kappa shape index (κ1) is 22.2. The number of nitrogens with one attached hydrogen (secondary N) is 1. The van der Waals surface area contributed by atoms with Crippen LogP contribution in [0, 0.1) is 5.82 Å². The second-order valence-corrected chi connectivity index (χ2v) is 5.57. The Morgan fingerprint density at radius 3 is 2.62 bits per heavy atom. The summed E-state index contributed by atoms with van der Waals surface area (Å²) in [6.07, 6.45) is 0. The van der Waals surface area contributed by atoms with Gasteiger partial charge in [-0.05, 0) is 29.8 Å². The number of guanidine groups is 1. The second-order valence-electron chi connectivity index (χ2n) is 5.57. The van der Waals surface area contributed by atoms with E-state index < -0.39 is 5.82 Å². The van der Waals surface area contributed by atoms with Gasteiger partial charge in [0.1, 0.15) is 18.2 Å². The summed E-state index contributed by atoms with van der Waals surface area (Å²) in [5.74, 6) is 1.15. The molecule has 0 radical (unpaired) electrons. The molecule has 5 nitrogen and oxygen atoms in total. The average Bonchev–Trinajstić information content (AvgIpc) is 2.64. The Morgan fingerprint density at radius 1 is 1.23 bits per heavy atom. The van der Waals surface area contributed by atoms with E-state index in [1.54, 1.807) is 19.2 Å². The van der Waals surface area contributed by atoms with Crippen LogP contribution in [-0.2, 0) is 13.2 Å². The standard InChI is InChI=1S/C19H24FN3O2.HI/c1-21-19(22-13-15-8-9-18(20)16(12-15)14-24)23(2)10-11-25-17-6-4-3-5-7-17;/h3-9,12,24H,10-11,13-14H2,1-2H3,(H,21,22);1H. The smallest absolute Gasteiger partial charge is 0.193 e. The van der Waals surface area contributed by atoms with Crippen LogP contribution in [0.3, 0.4) is 0 Å². The molecular weight excluding hydrogens is 448 g/mol. The van der Waals surface area contributed by atoms with E-state index in [9.17, 15) is 4.39 Å². The third-order valence-corrected chi connectivity index (χ3v) is 3.74. The lowest BCUT2D eigenvalue weighted by Gasteiger charge is -2.22. The summed E-state index contributed by atoms with van der Waals surface area (Å²) in [6, 6.07) is 14.3. The molecule has 2 aromatic carbocycles. The first-order valence-electron chi connectivity index (χ1n) is 8.12. The zero-order valence-electron chi connectivity index (χ0n) is 15.0. The minimum Gasteiger partial charge on any atom is -0.492 e. The number of hydrogen-bond donors (Lipinski definition) is 2. The van der Waals surface area contributed by atoms with E-state index in [4.69, 9.17) is 9.84 Å². The van der Waals surface area contributed by atoms with Gasteiger partial charge in [-0.25, -0.2) is 4.39 Å². The minimum atomic E-state index is -0.397. The van der Waals surface area contributed by atoms with Crippen molar-refractivity contribution in [2.45, 2.75) is 13.2 Å². The zero-order valence-corrected chi connectivity index (χ0v) is 17.3. The van der Waals surface area contributed by atoms with Crippen molar-refractivity contribution in [2.75, 3.05) is 27.2 Å². The van der Waals surface area contributed by atoms with Gasteiger partial charge in [-0.3, -0.25) is 4.99 Å². The van der Waals surface area contributed by atoms with E-state index in [1.807, 2.05) is 42.3 Å². The van der Waals surface area contributed by atoms with Crippen molar-refractivity contribution >= 4 is 29.9 Å². The van der Waals surface area contributed by atoms with Gasteiger partial charge in [0.25, 0.3) is 0 Å². The number of aliphatic imine (C=N–C) groups is 1. The van der Waals surface area contributed by atoms with Crippen molar-refractivity contribution in [1.82, 2.24) is 10.2 Å². The van der Waals surface area contributed by atoms with E-state index in [1.165, 1.54) is 6.07 Å². The number of aliphatic hydroxyl groups is 1. The topological polar surface area (TPSA) is 57.1 Å². The third kappa shape index (κ3) is 6.80. The predicted octanol–water partition coefficient (Wildman–Crippen LogP) is 3.02. The number of rotatable bonds is 7. The van der Waals surface area contributed by atoms with Crippen molar-refractivity contribution in [2.24, 2.45) is 4.99 Å². The highest BCUT2D eigenvalue weighted by Crippen LogP contribution is 2.11. The molecule has 0 aliphatic heterocycles. The van der Waals surface area contributed by atoms with Crippen LogP contribution in [0.5, 0.6) is 5.75 Å².